The Morgan fingerprint density at radius 2 is 1.69 bits per heavy atom. The van der Waals surface area contributed by atoms with Crippen molar-refractivity contribution in [3.05, 3.63) is 35.4 Å². The summed E-state index contributed by atoms with van der Waals surface area (Å²) in [6.07, 6.45) is 0. The van der Waals surface area contributed by atoms with Gasteiger partial charge in [0.15, 0.2) is 0 Å². The van der Waals surface area contributed by atoms with Crippen molar-refractivity contribution in [2.24, 2.45) is 0 Å². The third kappa shape index (κ3) is 1.70. The van der Waals surface area contributed by atoms with Crippen molar-refractivity contribution in [1.29, 1.82) is 0 Å². The predicted octanol–water partition coefficient (Wildman–Crippen LogP) is 0.861. The van der Waals surface area contributed by atoms with E-state index in [9.17, 15) is 9.59 Å². The first-order valence-corrected chi connectivity index (χ1v) is 4.86. The van der Waals surface area contributed by atoms with Gasteiger partial charge in [0, 0.05) is 0 Å². The molecule has 0 fully saturated rings. The van der Waals surface area contributed by atoms with E-state index in [0.717, 1.165) is 4.90 Å². The molecule has 2 rings (SSSR count). The highest BCUT2D eigenvalue weighted by molar-refractivity contribution is 6.21. The van der Waals surface area contributed by atoms with Gasteiger partial charge in [0.25, 0.3) is 11.8 Å². The van der Waals surface area contributed by atoms with Crippen molar-refractivity contribution in [3.8, 4) is 0 Å². The number of hydrogen-bond donors (Lipinski definition) is 0. The van der Waals surface area contributed by atoms with Crippen LogP contribution in [0.2, 0.25) is 0 Å². The third-order valence-electron chi connectivity index (χ3n) is 2.39. The summed E-state index contributed by atoms with van der Waals surface area (Å²) in [6.45, 7) is 0.363. The van der Waals surface area contributed by atoms with Crippen LogP contribution in [0.15, 0.2) is 24.3 Å². The molecule has 0 unspecified atom stereocenters. The summed E-state index contributed by atoms with van der Waals surface area (Å²) in [5.74, 6) is -0.555. The van der Waals surface area contributed by atoms with E-state index in [1.807, 2.05) is 0 Å². The number of amides is 2. The van der Waals surface area contributed by atoms with Crippen LogP contribution in [0.5, 0.6) is 0 Å². The first kappa shape index (κ1) is 10.8. The molecule has 1 heterocycles. The fraction of sp³-hybridized carbons (Fsp3) is 0.273. The highest BCUT2D eigenvalue weighted by Gasteiger charge is 2.34. The molecular formula is C11H11NO4. The van der Waals surface area contributed by atoms with Crippen LogP contribution in [0.25, 0.3) is 0 Å². The highest BCUT2D eigenvalue weighted by atomic mass is 17.2. The number of nitrogens with zero attached hydrogens (tertiary/aromatic N) is 1. The van der Waals surface area contributed by atoms with Crippen molar-refractivity contribution in [3.63, 3.8) is 0 Å². The Morgan fingerprint density at radius 3 is 2.19 bits per heavy atom. The Kier molecular flexibility index (Phi) is 2.98. The van der Waals surface area contributed by atoms with Gasteiger partial charge in [-0.2, -0.15) is 0 Å². The fourth-order valence-electron chi connectivity index (χ4n) is 1.65. The van der Waals surface area contributed by atoms with Crippen molar-refractivity contribution >= 4 is 11.8 Å². The molecule has 1 aliphatic heterocycles. The lowest BCUT2D eigenvalue weighted by atomic mass is 10.1. The number of carbonyl (C=O) groups excluding carboxylic acids is 2. The highest BCUT2D eigenvalue weighted by Crippen LogP contribution is 2.21. The van der Waals surface area contributed by atoms with Gasteiger partial charge in [-0.05, 0) is 12.1 Å². The maximum absolute atomic E-state index is 11.8. The van der Waals surface area contributed by atoms with Gasteiger partial charge in [-0.15, -0.1) is 0 Å². The zero-order chi connectivity index (χ0) is 11.5. The maximum Gasteiger partial charge on any atom is 0.261 e. The van der Waals surface area contributed by atoms with Crippen molar-refractivity contribution in [2.45, 2.75) is 0 Å². The number of fused-ring (bicyclic) bond motifs is 1. The van der Waals surface area contributed by atoms with Gasteiger partial charge < -0.3 is 0 Å². The minimum atomic E-state index is -0.277. The molecule has 0 aliphatic carbocycles. The van der Waals surface area contributed by atoms with Gasteiger partial charge in [-0.1, -0.05) is 12.1 Å². The zero-order valence-electron chi connectivity index (χ0n) is 8.80. The van der Waals surface area contributed by atoms with Crippen LogP contribution in [0.4, 0.5) is 0 Å². The van der Waals surface area contributed by atoms with Gasteiger partial charge in [0.1, 0.15) is 6.61 Å². The largest absolute Gasteiger partial charge is 0.272 e. The third-order valence-corrected chi connectivity index (χ3v) is 2.39. The lowest BCUT2D eigenvalue weighted by Crippen LogP contribution is -2.32. The second-order valence-electron chi connectivity index (χ2n) is 3.30. The molecule has 0 aromatic heterocycles. The minimum Gasteiger partial charge on any atom is -0.272 e. The van der Waals surface area contributed by atoms with Gasteiger partial charge >= 0.3 is 0 Å². The van der Waals surface area contributed by atoms with Crippen LogP contribution >= 0.6 is 0 Å². The average Bonchev–Trinajstić information content (AvgIpc) is 2.55. The standard InChI is InChI=1S/C11H11NO4/c1-15-16-7-6-12-10(13)8-4-2-3-5-9(8)11(12)14/h2-5H,6-7H2,1H3. The quantitative estimate of drug-likeness (QED) is 0.327. The molecule has 16 heavy (non-hydrogen) atoms. The van der Waals surface area contributed by atoms with Crippen LogP contribution in [0.3, 0.4) is 0 Å². The van der Waals surface area contributed by atoms with Gasteiger partial charge in [-0.3, -0.25) is 14.5 Å². The summed E-state index contributed by atoms with van der Waals surface area (Å²) in [6, 6.07) is 6.76. The summed E-state index contributed by atoms with van der Waals surface area (Å²) in [7, 11) is 1.38. The lowest BCUT2D eigenvalue weighted by Gasteiger charge is -2.12. The van der Waals surface area contributed by atoms with Crippen LogP contribution in [0, 0.1) is 0 Å². The van der Waals surface area contributed by atoms with Gasteiger partial charge in [-0.25, -0.2) is 9.78 Å². The Hall–Kier alpha value is -1.72. The van der Waals surface area contributed by atoms with E-state index in [1.165, 1.54) is 7.11 Å². The van der Waals surface area contributed by atoms with Crippen LogP contribution in [-0.4, -0.2) is 37.0 Å². The van der Waals surface area contributed by atoms with Crippen LogP contribution in [0.1, 0.15) is 20.7 Å². The van der Waals surface area contributed by atoms with E-state index < -0.39 is 0 Å². The summed E-state index contributed by atoms with van der Waals surface area (Å²) in [4.78, 5) is 33.8. The van der Waals surface area contributed by atoms with E-state index in [2.05, 4.69) is 9.78 Å². The molecular weight excluding hydrogens is 210 g/mol. The molecule has 1 aliphatic rings. The van der Waals surface area contributed by atoms with E-state index >= 15 is 0 Å². The van der Waals surface area contributed by atoms with Crippen LogP contribution < -0.4 is 0 Å². The second kappa shape index (κ2) is 4.42. The molecule has 5 heteroatoms. The van der Waals surface area contributed by atoms with Crippen LogP contribution in [-0.2, 0) is 9.78 Å². The summed E-state index contributed by atoms with van der Waals surface area (Å²) in [5, 5.41) is 0. The molecule has 0 saturated carbocycles. The molecule has 0 radical (unpaired) electrons. The summed E-state index contributed by atoms with van der Waals surface area (Å²) >= 11 is 0. The number of benzene rings is 1. The molecule has 1 aromatic rings. The first-order chi connectivity index (χ1) is 7.75. The Labute approximate surface area is 92.5 Å². The van der Waals surface area contributed by atoms with E-state index in [1.54, 1.807) is 24.3 Å². The molecule has 5 nitrogen and oxygen atoms in total. The number of hydrogen-bond acceptors (Lipinski definition) is 4. The minimum absolute atomic E-state index is 0.169. The van der Waals surface area contributed by atoms with E-state index in [4.69, 9.17) is 0 Å². The SMILES string of the molecule is COOCCN1C(=O)c2ccccc2C1=O. The molecule has 1 aromatic carbocycles. The fourth-order valence-corrected chi connectivity index (χ4v) is 1.65. The van der Waals surface area contributed by atoms with Gasteiger partial charge in [0.05, 0.1) is 24.8 Å². The monoisotopic (exact) mass is 221 g/mol. The predicted molar refractivity (Wildman–Crippen MR) is 54.8 cm³/mol. The first-order valence-electron chi connectivity index (χ1n) is 4.86. The zero-order valence-corrected chi connectivity index (χ0v) is 8.80. The molecule has 0 saturated heterocycles. The molecule has 2 amide bonds. The van der Waals surface area contributed by atoms with E-state index in [0.29, 0.717) is 11.1 Å². The average molecular weight is 221 g/mol. The Morgan fingerprint density at radius 1 is 1.12 bits per heavy atom. The molecule has 0 bridgehead atoms. The molecule has 0 spiro atoms. The molecule has 84 valence electrons. The number of rotatable bonds is 4. The van der Waals surface area contributed by atoms with Gasteiger partial charge in [0.2, 0.25) is 0 Å². The Bertz CT molecular complexity index is 395. The lowest BCUT2D eigenvalue weighted by molar-refractivity contribution is -0.272. The smallest absolute Gasteiger partial charge is 0.261 e. The number of imide groups is 1. The summed E-state index contributed by atoms with van der Waals surface area (Å²) in [5.41, 5.74) is 0.898. The second-order valence-corrected chi connectivity index (χ2v) is 3.30. The Balaban J connectivity index is 2.15. The van der Waals surface area contributed by atoms with Crippen molar-refractivity contribution < 1.29 is 19.4 Å². The summed E-state index contributed by atoms with van der Waals surface area (Å²) < 4.78 is 0. The van der Waals surface area contributed by atoms with Crippen molar-refractivity contribution in [2.75, 3.05) is 20.3 Å². The van der Waals surface area contributed by atoms with Crippen molar-refractivity contribution in [1.82, 2.24) is 4.90 Å². The molecule has 0 N–H and O–H groups in total. The maximum atomic E-state index is 11.8. The number of carbonyl (C=O) groups is 2. The van der Waals surface area contributed by atoms with E-state index in [-0.39, 0.29) is 25.0 Å². The normalized spacial score (nSPS) is 14.4. The topological polar surface area (TPSA) is 55.8 Å². The molecule has 0 atom stereocenters.